The number of amides is 4. The van der Waals surface area contributed by atoms with E-state index in [0.29, 0.717) is 12.0 Å². The molecule has 0 aliphatic rings. The molecule has 19 heteroatoms. The summed E-state index contributed by atoms with van der Waals surface area (Å²) in [6, 6.07) is 1.56. The van der Waals surface area contributed by atoms with Gasteiger partial charge < -0.3 is 55.5 Å². The van der Waals surface area contributed by atoms with E-state index in [1.165, 1.54) is 62.8 Å². The number of ether oxygens (including phenoxy) is 4. The van der Waals surface area contributed by atoms with Crippen LogP contribution in [0.2, 0.25) is 0 Å². The van der Waals surface area contributed by atoms with Gasteiger partial charge in [0.25, 0.3) is 0 Å². The number of carboxylic acids is 2. The van der Waals surface area contributed by atoms with Crippen LogP contribution in [0.1, 0.15) is 121 Å². The zero-order valence-corrected chi connectivity index (χ0v) is 36.7. The molecule has 0 heterocycles. The van der Waals surface area contributed by atoms with Crippen molar-refractivity contribution in [3.05, 3.63) is 29.8 Å². The van der Waals surface area contributed by atoms with Gasteiger partial charge in [-0.1, -0.05) is 89.2 Å². The van der Waals surface area contributed by atoms with E-state index in [2.05, 4.69) is 21.3 Å². The van der Waals surface area contributed by atoms with E-state index < -0.39 is 42.6 Å². The van der Waals surface area contributed by atoms with Crippen LogP contribution in [0.4, 0.5) is 4.39 Å². The minimum atomic E-state index is -1.70. The first-order valence-corrected chi connectivity index (χ1v) is 22.2. The zero-order chi connectivity index (χ0) is 46.3. The van der Waals surface area contributed by atoms with Gasteiger partial charge in [0, 0.05) is 38.8 Å². The molecular formula is C44H71FN4O14. The van der Waals surface area contributed by atoms with Gasteiger partial charge in [-0.25, -0.2) is 4.79 Å². The van der Waals surface area contributed by atoms with Gasteiger partial charge in [-0.2, -0.15) is 4.39 Å². The highest BCUT2D eigenvalue weighted by Crippen LogP contribution is 2.15. The van der Waals surface area contributed by atoms with E-state index in [4.69, 9.17) is 24.1 Å². The lowest BCUT2D eigenvalue weighted by atomic mass is 10.0. The van der Waals surface area contributed by atoms with Crippen LogP contribution in [0, 0.1) is 0 Å². The number of carbonyl (C=O) groups is 7. The lowest BCUT2D eigenvalue weighted by molar-refractivity contribution is -0.142. The molecule has 18 nitrogen and oxygen atoms in total. The van der Waals surface area contributed by atoms with Crippen LogP contribution in [-0.2, 0) is 58.9 Å². The fourth-order valence-electron chi connectivity index (χ4n) is 6.21. The van der Waals surface area contributed by atoms with E-state index in [0.717, 1.165) is 44.9 Å². The maximum atomic E-state index is 13.4. The van der Waals surface area contributed by atoms with Gasteiger partial charge in [0.1, 0.15) is 31.0 Å². The molecule has 2 atom stereocenters. The number of hydrogen-bond donors (Lipinski definition) is 7. The van der Waals surface area contributed by atoms with Gasteiger partial charge in [0.15, 0.2) is 0 Å². The van der Waals surface area contributed by atoms with Crippen molar-refractivity contribution in [1.82, 2.24) is 21.3 Å². The summed E-state index contributed by atoms with van der Waals surface area (Å²) in [7, 11) is 0. The highest BCUT2D eigenvalue weighted by atomic mass is 19.1. The van der Waals surface area contributed by atoms with Crippen LogP contribution in [0.15, 0.2) is 24.3 Å². The number of rotatable bonds is 42. The van der Waals surface area contributed by atoms with Crippen molar-refractivity contribution in [3.8, 4) is 5.75 Å². The Bertz CT molecular complexity index is 1450. The third-order valence-electron chi connectivity index (χ3n) is 9.67. The van der Waals surface area contributed by atoms with E-state index in [1.54, 1.807) is 0 Å². The summed E-state index contributed by atoms with van der Waals surface area (Å²) in [5.74, 6) is -3.68. The Morgan fingerprint density at radius 3 is 1.44 bits per heavy atom. The minimum absolute atomic E-state index is 0.0175. The van der Waals surface area contributed by atoms with Gasteiger partial charge in [0.05, 0.1) is 39.6 Å². The predicted molar refractivity (Wildman–Crippen MR) is 229 cm³/mol. The topological polar surface area (TPSA) is 265 Å². The molecule has 1 aromatic rings. The molecule has 0 spiro atoms. The lowest BCUT2D eigenvalue weighted by Crippen LogP contribution is -2.42. The molecule has 4 amide bonds. The second kappa shape index (κ2) is 37.8. The summed E-state index contributed by atoms with van der Waals surface area (Å²) in [5, 5.41) is 37.5. The van der Waals surface area contributed by atoms with Gasteiger partial charge in [-0.3, -0.25) is 28.8 Å². The van der Waals surface area contributed by atoms with Crippen LogP contribution >= 0.6 is 0 Å². The predicted octanol–water partition coefficient (Wildman–Crippen LogP) is 3.89. The summed E-state index contributed by atoms with van der Waals surface area (Å²) in [6.07, 6.45) is 15.2. The first kappa shape index (κ1) is 56.3. The fourth-order valence-corrected chi connectivity index (χ4v) is 6.21. The highest BCUT2D eigenvalue weighted by Gasteiger charge is 2.22. The Kier molecular flexibility index (Phi) is 33.8. The number of aromatic hydroxyl groups is 1. The molecule has 0 radical (unpaired) electrons. The van der Waals surface area contributed by atoms with Gasteiger partial charge in [-0.05, 0) is 37.0 Å². The summed E-state index contributed by atoms with van der Waals surface area (Å²) in [6.45, 7) is 0.543. The molecule has 0 aliphatic carbocycles. The normalized spacial score (nSPS) is 12.0. The molecule has 0 aliphatic heterocycles. The summed E-state index contributed by atoms with van der Waals surface area (Å²) < 4.78 is 34.5. The summed E-state index contributed by atoms with van der Waals surface area (Å²) >= 11 is 0. The van der Waals surface area contributed by atoms with Crippen LogP contribution in [-0.4, -0.2) is 135 Å². The number of phenols is 1. The quantitative estimate of drug-likeness (QED) is 0.0363. The number of carbonyl (C=O) groups excluding carboxylic acids is 5. The van der Waals surface area contributed by atoms with Crippen LogP contribution in [0.3, 0.4) is 0 Å². The summed E-state index contributed by atoms with van der Waals surface area (Å²) in [5.41, 5.74) is 0.550. The smallest absolute Gasteiger partial charge is 0.326 e. The van der Waals surface area contributed by atoms with Crippen molar-refractivity contribution < 1.29 is 72.2 Å². The first-order chi connectivity index (χ1) is 30.4. The van der Waals surface area contributed by atoms with Crippen molar-refractivity contribution in [2.24, 2.45) is 0 Å². The Hall–Kier alpha value is -4.72. The molecule has 0 bridgehead atoms. The highest BCUT2D eigenvalue weighted by molar-refractivity contribution is 5.85. The van der Waals surface area contributed by atoms with Crippen LogP contribution in [0.5, 0.6) is 5.75 Å². The van der Waals surface area contributed by atoms with E-state index in [-0.39, 0.29) is 115 Å². The molecular weight excluding hydrogens is 827 g/mol. The average Bonchev–Trinajstić information content (AvgIpc) is 3.24. The lowest BCUT2D eigenvalue weighted by Gasteiger charge is -2.14. The number of hydrogen-bond acceptors (Lipinski definition) is 12. The van der Waals surface area contributed by atoms with Crippen LogP contribution < -0.4 is 21.3 Å². The summed E-state index contributed by atoms with van der Waals surface area (Å²) in [4.78, 5) is 81.9. The number of nitrogens with one attached hydrogen (secondary N) is 4. The molecule has 0 fully saturated rings. The standard InChI is InChI=1S/C44H71FN4O14/c45-43(57)37(31-34-17-19-35(50)20-18-34)49-41(54)33-63-30-28-61-26-24-47-40(53)32-62-29-27-60-25-23-46-38(51)22-21-36(44(58)59)48-39(52)15-13-11-9-7-5-3-1-2-4-6-8-10-12-14-16-42(55)56/h17-20,36-37,50H,1-16,21-33H2,(H,46,51)(H,47,53)(H,48,52)(H,49,54)(H,55,56)(H,58,59)/t36-,37?/m0/s1. The number of phenolic OH excluding ortho intramolecular Hbond substituents is 1. The molecule has 0 aromatic heterocycles. The Labute approximate surface area is 370 Å². The van der Waals surface area contributed by atoms with Gasteiger partial charge >= 0.3 is 18.0 Å². The maximum absolute atomic E-state index is 13.4. The average molecular weight is 899 g/mol. The molecule has 1 unspecified atom stereocenters. The van der Waals surface area contributed by atoms with Crippen LogP contribution in [0.25, 0.3) is 0 Å². The third-order valence-corrected chi connectivity index (χ3v) is 9.67. The fraction of sp³-hybridized carbons (Fsp3) is 0.705. The molecule has 7 N–H and O–H groups in total. The maximum Gasteiger partial charge on any atom is 0.326 e. The van der Waals surface area contributed by atoms with Crippen molar-refractivity contribution >= 4 is 41.6 Å². The van der Waals surface area contributed by atoms with Crippen molar-refractivity contribution in [3.63, 3.8) is 0 Å². The largest absolute Gasteiger partial charge is 0.508 e. The zero-order valence-electron chi connectivity index (χ0n) is 36.7. The number of benzene rings is 1. The number of carboxylic acid groups (broad SMARTS) is 2. The van der Waals surface area contributed by atoms with E-state index in [1.807, 2.05) is 0 Å². The monoisotopic (exact) mass is 898 g/mol. The number of unbranched alkanes of at least 4 members (excludes halogenated alkanes) is 13. The molecule has 0 saturated heterocycles. The molecule has 63 heavy (non-hydrogen) atoms. The van der Waals surface area contributed by atoms with E-state index >= 15 is 0 Å². The molecule has 0 saturated carbocycles. The second-order valence-corrected chi connectivity index (χ2v) is 15.2. The van der Waals surface area contributed by atoms with Gasteiger partial charge in [0.2, 0.25) is 23.6 Å². The second-order valence-electron chi connectivity index (χ2n) is 15.2. The molecule has 358 valence electrons. The molecule has 1 aromatic carbocycles. The SMILES string of the molecule is O=C(O)CCCCCCCCCCCCCCCCC(=O)N[C@@H](CCC(=O)NCCOCCOCC(=O)NCCOCCOCC(=O)NC(Cc1ccc(O)cc1)C(=O)F)C(=O)O. The Morgan fingerprint density at radius 2 is 0.952 bits per heavy atom. The first-order valence-electron chi connectivity index (χ1n) is 22.2. The van der Waals surface area contributed by atoms with E-state index in [9.17, 15) is 48.2 Å². The van der Waals surface area contributed by atoms with Crippen molar-refractivity contribution in [1.29, 1.82) is 0 Å². The third kappa shape index (κ3) is 34.5. The minimum Gasteiger partial charge on any atom is -0.508 e. The number of aliphatic carboxylic acids is 2. The van der Waals surface area contributed by atoms with Crippen molar-refractivity contribution in [2.75, 3.05) is 65.9 Å². The Morgan fingerprint density at radius 1 is 0.508 bits per heavy atom. The van der Waals surface area contributed by atoms with Gasteiger partial charge in [-0.15, -0.1) is 0 Å². The molecule has 1 rings (SSSR count). The number of halogens is 1. The Balaban J connectivity index is 1.95. The van der Waals surface area contributed by atoms with Crippen molar-refractivity contribution in [2.45, 2.75) is 134 Å².